The quantitative estimate of drug-likeness (QED) is 0.836. The third kappa shape index (κ3) is 3.83. The van der Waals surface area contributed by atoms with Gasteiger partial charge in [-0.2, -0.15) is 13.2 Å². The summed E-state index contributed by atoms with van der Waals surface area (Å²) in [5.74, 6) is -1.15. The molecule has 4 nitrogen and oxygen atoms in total. The van der Waals surface area contributed by atoms with Crippen LogP contribution in [0.2, 0.25) is 0 Å². The highest BCUT2D eigenvalue weighted by Crippen LogP contribution is 2.47. The van der Waals surface area contributed by atoms with Gasteiger partial charge in [0.25, 0.3) is 0 Å². The lowest BCUT2D eigenvalue weighted by Crippen LogP contribution is -2.48. The monoisotopic (exact) mass is 328 g/mol. The van der Waals surface area contributed by atoms with E-state index in [2.05, 4.69) is 10.6 Å². The van der Waals surface area contributed by atoms with Crippen LogP contribution in [0.15, 0.2) is 24.3 Å². The third-order valence-electron chi connectivity index (χ3n) is 3.59. The van der Waals surface area contributed by atoms with Gasteiger partial charge in [-0.3, -0.25) is 9.59 Å². The Morgan fingerprint density at radius 3 is 2.09 bits per heavy atom. The van der Waals surface area contributed by atoms with Crippen LogP contribution in [0.5, 0.6) is 0 Å². The summed E-state index contributed by atoms with van der Waals surface area (Å²) < 4.78 is 38.9. The second kappa shape index (κ2) is 5.54. The van der Waals surface area contributed by atoms with E-state index in [0.717, 1.165) is 6.07 Å². The minimum atomic E-state index is -4.58. The van der Waals surface area contributed by atoms with E-state index < -0.39 is 34.5 Å². The summed E-state index contributed by atoms with van der Waals surface area (Å²) in [7, 11) is 0. The van der Waals surface area contributed by atoms with Crippen molar-refractivity contribution in [3.63, 3.8) is 0 Å². The van der Waals surface area contributed by atoms with Crippen LogP contribution >= 0.6 is 0 Å². The maximum atomic E-state index is 13.0. The van der Waals surface area contributed by atoms with Crippen molar-refractivity contribution in [3.05, 3.63) is 29.8 Å². The molecule has 1 aromatic rings. The molecule has 1 aromatic carbocycles. The van der Waals surface area contributed by atoms with E-state index in [4.69, 9.17) is 0 Å². The largest absolute Gasteiger partial charge is 0.418 e. The fraction of sp³-hybridized carbons (Fsp3) is 0.500. The minimum Gasteiger partial charge on any atom is -0.351 e. The second-order valence-corrected chi connectivity index (χ2v) is 6.78. The molecule has 0 spiro atoms. The van der Waals surface area contributed by atoms with Gasteiger partial charge >= 0.3 is 6.18 Å². The third-order valence-corrected chi connectivity index (χ3v) is 3.59. The molecule has 0 radical (unpaired) electrons. The molecule has 0 saturated heterocycles. The standard InChI is InChI=1S/C16H19F3N2O2/c1-14(2,3)21-13(23)15(8-9-15)12(22)20-11-7-5-4-6-10(11)16(17,18)19/h4-7H,8-9H2,1-3H3,(H,20,22)(H,21,23). The van der Waals surface area contributed by atoms with Gasteiger partial charge in [-0.25, -0.2) is 0 Å². The van der Waals surface area contributed by atoms with Gasteiger partial charge in [-0.1, -0.05) is 12.1 Å². The van der Waals surface area contributed by atoms with Gasteiger partial charge in [0.1, 0.15) is 5.41 Å². The molecule has 2 amide bonds. The number of halogens is 3. The normalized spacial score (nSPS) is 16.6. The molecule has 1 aliphatic carbocycles. The Kier molecular flexibility index (Phi) is 4.17. The lowest BCUT2D eigenvalue weighted by atomic mass is 10.0. The van der Waals surface area contributed by atoms with E-state index in [1.54, 1.807) is 20.8 Å². The van der Waals surface area contributed by atoms with Crippen LogP contribution in [0, 0.1) is 5.41 Å². The number of amides is 2. The number of anilines is 1. The fourth-order valence-electron chi connectivity index (χ4n) is 2.22. The summed E-state index contributed by atoms with van der Waals surface area (Å²) in [6.07, 6.45) is -3.92. The zero-order valence-corrected chi connectivity index (χ0v) is 13.2. The van der Waals surface area contributed by atoms with Crippen molar-refractivity contribution in [1.29, 1.82) is 0 Å². The molecule has 0 aliphatic heterocycles. The van der Waals surface area contributed by atoms with Crippen LogP contribution < -0.4 is 10.6 Å². The average Bonchev–Trinajstić information content (AvgIpc) is 3.17. The van der Waals surface area contributed by atoms with Gasteiger partial charge in [0, 0.05) is 5.54 Å². The number of carbonyl (C=O) groups excluding carboxylic acids is 2. The van der Waals surface area contributed by atoms with Crippen LogP contribution in [0.25, 0.3) is 0 Å². The molecule has 1 aliphatic rings. The zero-order valence-electron chi connectivity index (χ0n) is 13.2. The Hall–Kier alpha value is -2.05. The van der Waals surface area contributed by atoms with Gasteiger partial charge in [0.05, 0.1) is 11.3 Å². The molecule has 1 saturated carbocycles. The highest BCUT2D eigenvalue weighted by molar-refractivity contribution is 6.13. The molecule has 23 heavy (non-hydrogen) atoms. The van der Waals surface area contributed by atoms with Crippen molar-refractivity contribution in [2.75, 3.05) is 5.32 Å². The van der Waals surface area contributed by atoms with Gasteiger partial charge in [-0.05, 0) is 45.7 Å². The molecule has 1 fully saturated rings. The van der Waals surface area contributed by atoms with Gasteiger partial charge in [-0.15, -0.1) is 0 Å². The smallest absolute Gasteiger partial charge is 0.351 e. The number of carbonyl (C=O) groups is 2. The number of hydrogen-bond donors (Lipinski definition) is 2. The Morgan fingerprint density at radius 1 is 1.04 bits per heavy atom. The zero-order chi connectivity index (χ0) is 17.5. The van der Waals surface area contributed by atoms with Gasteiger partial charge < -0.3 is 10.6 Å². The topological polar surface area (TPSA) is 58.2 Å². The van der Waals surface area contributed by atoms with E-state index in [9.17, 15) is 22.8 Å². The second-order valence-electron chi connectivity index (χ2n) is 6.78. The van der Waals surface area contributed by atoms with Crippen LogP contribution in [-0.2, 0) is 15.8 Å². The van der Waals surface area contributed by atoms with Crippen molar-refractivity contribution < 1.29 is 22.8 Å². The van der Waals surface area contributed by atoms with Crippen LogP contribution in [0.4, 0.5) is 18.9 Å². The molecular weight excluding hydrogens is 309 g/mol. The van der Waals surface area contributed by atoms with Crippen LogP contribution in [-0.4, -0.2) is 17.4 Å². The van der Waals surface area contributed by atoms with Gasteiger partial charge in [0.2, 0.25) is 11.8 Å². The number of benzene rings is 1. The highest BCUT2D eigenvalue weighted by Gasteiger charge is 2.57. The van der Waals surface area contributed by atoms with Gasteiger partial charge in [0.15, 0.2) is 0 Å². The minimum absolute atomic E-state index is 0.328. The summed E-state index contributed by atoms with van der Waals surface area (Å²) in [6.45, 7) is 5.33. The molecule has 0 heterocycles. The van der Waals surface area contributed by atoms with E-state index in [0.29, 0.717) is 12.8 Å². The number of para-hydroxylation sites is 1. The predicted molar refractivity (Wildman–Crippen MR) is 79.6 cm³/mol. The van der Waals surface area contributed by atoms with Crippen molar-refractivity contribution >= 4 is 17.5 Å². The van der Waals surface area contributed by atoms with Crippen molar-refractivity contribution in [2.24, 2.45) is 5.41 Å². The highest BCUT2D eigenvalue weighted by atomic mass is 19.4. The molecule has 126 valence electrons. The average molecular weight is 328 g/mol. The maximum absolute atomic E-state index is 13.0. The molecule has 7 heteroatoms. The number of nitrogens with one attached hydrogen (secondary N) is 2. The predicted octanol–water partition coefficient (Wildman–Crippen LogP) is 3.34. The summed E-state index contributed by atoms with van der Waals surface area (Å²) >= 11 is 0. The van der Waals surface area contributed by atoms with E-state index in [1.807, 2.05) is 0 Å². The molecule has 0 atom stereocenters. The lowest BCUT2D eigenvalue weighted by Gasteiger charge is -2.24. The summed E-state index contributed by atoms with van der Waals surface area (Å²) in [6, 6.07) is 4.72. The Labute approximate surface area is 132 Å². The van der Waals surface area contributed by atoms with Crippen LogP contribution in [0.1, 0.15) is 39.2 Å². The Morgan fingerprint density at radius 2 is 1.61 bits per heavy atom. The molecule has 0 unspecified atom stereocenters. The van der Waals surface area contributed by atoms with Crippen molar-refractivity contribution in [2.45, 2.75) is 45.3 Å². The molecular formula is C16H19F3N2O2. The number of rotatable bonds is 3. The molecule has 0 aromatic heterocycles. The van der Waals surface area contributed by atoms with E-state index in [-0.39, 0.29) is 5.69 Å². The Balaban J connectivity index is 2.19. The van der Waals surface area contributed by atoms with Crippen LogP contribution in [0.3, 0.4) is 0 Å². The lowest BCUT2D eigenvalue weighted by molar-refractivity contribution is -0.137. The number of alkyl halides is 3. The van der Waals surface area contributed by atoms with Crippen molar-refractivity contribution in [1.82, 2.24) is 5.32 Å². The first kappa shape index (κ1) is 17.3. The first-order chi connectivity index (χ1) is 10.5. The molecule has 0 bridgehead atoms. The Bertz CT molecular complexity index is 629. The van der Waals surface area contributed by atoms with Crippen molar-refractivity contribution in [3.8, 4) is 0 Å². The summed E-state index contributed by atoms with van der Waals surface area (Å²) in [4.78, 5) is 24.6. The molecule has 2 rings (SSSR count). The van der Waals surface area contributed by atoms with E-state index in [1.165, 1.54) is 18.2 Å². The molecule has 2 N–H and O–H groups in total. The van der Waals surface area contributed by atoms with E-state index >= 15 is 0 Å². The maximum Gasteiger partial charge on any atom is 0.418 e. The first-order valence-electron chi connectivity index (χ1n) is 7.26. The summed E-state index contributed by atoms with van der Waals surface area (Å²) in [5, 5.41) is 4.98. The fourth-order valence-corrected chi connectivity index (χ4v) is 2.22. The number of hydrogen-bond acceptors (Lipinski definition) is 2. The SMILES string of the molecule is CC(C)(C)NC(=O)C1(C(=O)Nc2ccccc2C(F)(F)F)CC1. The summed E-state index contributed by atoms with van der Waals surface area (Å²) in [5.41, 5.74) is -3.05. The first-order valence-corrected chi connectivity index (χ1v) is 7.26.